The van der Waals surface area contributed by atoms with Crippen LogP contribution in [-0.4, -0.2) is 42.9 Å². The van der Waals surface area contributed by atoms with Crippen LogP contribution < -0.4 is 4.90 Å². The molecule has 1 rings (SSSR count). The lowest BCUT2D eigenvalue weighted by Gasteiger charge is -2.23. The van der Waals surface area contributed by atoms with E-state index >= 15 is 0 Å². The number of anilines is 1. The predicted molar refractivity (Wildman–Crippen MR) is 65.5 cm³/mol. The van der Waals surface area contributed by atoms with Crippen molar-refractivity contribution in [2.24, 2.45) is 0 Å². The summed E-state index contributed by atoms with van der Waals surface area (Å²) in [6.45, 7) is 1.03. The van der Waals surface area contributed by atoms with Gasteiger partial charge in [0.05, 0.1) is 25.3 Å². The summed E-state index contributed by atoms with van der Waals surface area (Å²) in [6.07, 6.45) is 1.16. The molecule has 1 aromatic heterocycles. The number of carbonyl (C=O) groups is 1. The van der Waals surface area contributed by atoms with Crippen molar-refractivity contribution in [3.05, 3.63) is 23.6 Å². The van der Waals surface area contributed by atoms with Crippen molar-refractivity contribution >= 4 is 11.8 Å². The number of pyridine rings is 1. The summed E-state index contributed by atoms with van der Waals surface area (Å²) in [5, 5.41) is 17.7. The molecule has 0 unspecified atom stereocenters. The summed E-state index contributed by atoms with van der Waals surface area (Å²) in [7, 11) is 1.51. The maximum absolute atomic E-state index is 13.1. The third kappa shape index (κ3) is 4.19. The second-order valence-corrected chi connectivity index (χ2v) is 3.72. The van der Waals surface area contributed by atoms with Crippen molar-refractivity contribution < 1.29 is 19.0 Å². The Morgan fingerprint density at radius 1 is 1.63 bits per heavy atom. The number of ether oxygens (including phenoxy) is 1. The first-order chi connectivity index (χ1) is 9.10. The third-order valence-electron chi connectivity index (χ3n) is 2.42. The largest absolute Gasteiger partial charge is 0.478 e. The maximum Gasteiger partial charge on any atom is 0.339 e. The van der Waals surface area contributed by atoms with Gasteiger partial charge in [-0.1, -0.05) is 0 Å². The molecule has 0 fully saturated rings. The van der Waals surface area contributed by atoms with Crippen LogP contribution >= 0.6 is 0 Å². The molecule has 0 radical (unpaired) electrons. The molecule has 0 bridgehead atoms. The van der Waals surface area contributed by atoms with Crippen LogP contribution in [0.4, 0.5) is 10.2 Å². The average Bonchev–Trinajstić information content (AvgIpc) is 2.39. The second kappa shape index (κ2) is 7.28. The lowest BCUT2D eigenvalue weighted by Crippen LogP contribution is -2.30. The van der Waals surface area contributed by atoms with Gasteiger partial charge >= 0.3 is 5.97 Å². The minimum Gasteiger partial charge on any atom is -0.478 e. The zero-order chi connectivity index (χ0) is 14.3. The number of methoxy groups -OCH3 is 1. The van der Waals surface area contributed by atoms with E-state index in [2.05, 4.69) is 4.98 Å². The van der Waals surface area contributed by atoms with Crippen LogP contribution in [0.2, 0.25) is 0 Å². The topological polar surface area (TPSA) is 86.5 Å². The lowest BCUT2D eigenvalue weighted by atomic mass is 10.2. The van der Waals surface area contributed by atoms with Gasteiger partial charge in [0.25, 0.3) is 0 Å². The van der Waals surface area contributed by atoms with Gasteiger partial charge < -0.3 is 14.7 Å². The van der Waals surface area contributed by atoms with E-state index in [9.17, 15) is 9.18 Å². The average molecular weight is 267 g/mol. The first-order valence-corrected chi connectivity index (χ1v) is 5.59. The highest BCUT2D eigenvalue weighted by Gasteiger charge is 2.18. The third-order valence-corrected chi connectivity index (χ3v) is 2.42. The second-order valence-electron chi connectivity index (χ2n) is 3.72. The van der Waals surface area contributed by atoms with E-state index in [4.69, 9.17) is 15.1 Å². The first kappa shape index (κ1) is 14.9. The van der Waals surface area contributed by atoms with Gasteiger partial charge in [-0.05, 0) is 6.07 Å². The van der Waals surface area contributed by atoms with Crippen molar-refractivity contribution in [2.45, 2.75) is 6.42 Å². The van der Waals surface area contributed by atoms with Crippen molar-refractivity contribution in [3.63, 3.8) is 0 Å². The number of aromatic carboxylic acids is 1. The molecule has 19 heavy (non-hydrogen) atoms. The van der Waals surface area contributed by atoms with Gasteiger partial charge in [0, 0.05) is 20.2 Å². The molecule has 0 saturated heterocycles. The molecule has 7 heteroatoms. The van der Waals surface area contributed by atoms with Gasteiger partial charge in [-0.25, -0.2) is 14.2 Å². The highest BCUT2D eigenvalue weighted by molar-refractivity contribution is 5.93. The van der Waals surface area contributed by atoms with Crippen LogP contribution in [0, 0.1) is 17.1 Å². The van der Waals surface area contributed by atoms with E-state index in [1.165, 1.54) is 7.11 Å². The summed E-state index contributed by atoms with van der Waals surface area (Å²) in [5.41, 5.74) is -0.228. The zero-order valence-electron chi connectivity index (χ0n) is 10.5. The summed E-state index contributed by atoms with van der Waals surface area (Å²) in [4.78, 5) is 16.5. The number of carboxylic acid groups (broad SMARTS) is 1. The van der Waals surface area contributed by atoms with E-state index in [0.29, 0.717) is 19.7 Å². The van der Waals surface area contributed by atoms with Crippen LogP contribution in [0.3, 0.4) is 0 Å². The fourth-order valence-electron chi connectivity index (χ4n) is 1.55. The van der Waals surface area contributed by atoms with E-state index in [0.717, 1.165) is 12.3 Å². The normalized spacial score (nSPS) is 9.95. The molecular weight excluding hydrogens is 253 g/mol. The molecule has 0 aliphatic heterocycles. The van der Waals surface area contributed by atoms with Gasteiger partial charge in [0.1, 0.15) is 17.2 Å². The van der Waals surface area contributed by atoms with Crippen LogP contribution in [0.25, 0.3) is 0 Å². The molecule has 6 nitrogen and oxygen atoms in total. The molecular formula is C12H14FN3O3. The molecule has 0 saturated carbocycles. The van der Waals surface area contributed by atoms with E-state index in [1.54, 1.807) is 4.90 Å². The SMILES string of the molecule is COCCN(CCC#N)c1ncc(F)cc1C(=O)O. The number of hydrogen-bond donors (Lipinski definition) is 1. The fraction of sp³-hybridized carbons (Fsp3) is 0.417. The number of aromatic nitrogens is 1. The van der Waals surface area contributed by atoms with E-state index in [1.807, 2.05) is 6.07 Å². The number of halogens is 1. The Kier molecular flexibility index (Phi) is 5.70. The Bertz CT molecular complexity index is 488. The number of carboxylic acids is 1. The molecule has 0 atom stereocenters. The Hall–Kier alpha value is -2.20. The number of nitriles is 1. The number of rotatable bonds is 7. The Morgan fingerprint density at radius 3 is 2.95 bits per heavy atom. The minimum absolute atomic E-state index is 0.140. The van der Waals surface area contributed by atoms with Crippen LogP contribution in [0.5, 0.6) is 0 Å². The van der Waals surface area contributed by atoms with Crippen molar-refractivity contribution in [2.75, 3.05) is 31.7 Å². The molecule has 1 heterocycles. The summed E-state index contributed by atoms with van der Waals surface area (Å²) < 4.78 is 18.0. The molecule has 0 amide bonds. The minimum atomic E-state index is -1.26. The summed E-state index contributed by atoms with van der Waals surface area (Å²) in [5.74, 6) is -1.84. The monoisotopic (exact) mass is 267 g/mol. The quantitative estimate of drug-likeness (QED) is 0.801. The van der Waals surface area contributed by atoms with Crippen molar-refractivity contribution in [1.82, 2.24) is 4.98 Å². The lowest BCUT2D eigenvalue weighted by molar-refractivity contribution is 0.0696. The number of hydrogen-bond acceptors (Lipinski definition) is 5. The number of nitrogens with zero attached hydrogens (tertiary/aromatic N) is 3. The Labute approximate surface area is 110 Å². The smallest absolute Gasteiger partial charge is 0.339 e. The van der Waals surface area contributed by atoms with E-state index in [-0.39, 0.29) is 17.8 Å². The van der Waals surface area contributed by atoms with Crippen molar-refractivity contribution in [1.29, 1.82) is 5.26 Å². The Morgan fingerprint density at radius 2 is 2.37 bits per heavy atom. The van der Waals surface area contributed by atoms with Gasteiger partial charge in [0.2, 0.25) is 0 Å². The van der Waals surface area contributed by atoms with Gasteiger partial charge in [-0.2, -0.15) is 5.26 Å². The van der Waals surface area contributed by atoms with Crippen LogP contribution in [-0.2, 0) is 4.74 Å². The van der Waals surface area contributed by atoms with Crippen LogP contribution in [0.1, 0.15) is 16.8 Å². The van der Waals surface area contributed by atoms with Gasteiger partial charge in [-0.3, -0.25) is 0 Å². The molecule has 0 aromatic carbocycles. The molecule has 0 aliphatic carbocycles. The molecule has 102 valence electrons. The highest BCUT2D eigenvalue weighted by atomic mass is 19.1. The standard InChI is InChI=1S/C12H14FN3O3/c1-19-6-5-16(4-2-3-14)11-10(12(17)18)7-9(13)8-15-11/h7-8H,2,4-6H2,1H3,(H,17,18). The molecule has 0 spiro atoms. The molecule has 0 aliphatic rings. The predicted octanol–water partition coefficient (Wildman–Crippen LogP) is 1.29. The fourth-order valence-corrected chi connectivity index (χ4v) is 1.55. The molecule has 1 N–H and O–H groups in total. The van der Waals surface area contributed by atoms with Gasteiger partial charge in [0.15, 0.2) is 0 Å². The zero-order valence-corrected chi connectivity index (χ0v) is 10.5. The maximum atomic E-state index is 13.1. The van der Waals surface area contributed by atoms with Crippen LogP contribution in [0.15, 0.2) is 12.3 Å². The highest BCUT2D eigenvalue weighted by Crippen LogP contribution is 2.18. The Balaban J connectivity index is 3.06. The summed E-state index contributed by atoms with van der Waals surface area (Å²) >= 11 is 0. The molecule has 1 aromatic rings. The first-order valence-electron chi connectivity index (χ1n) is 5.59. The van der Waals surface area contributed by atoms with Crippen molar-refractivity contribution in [3.8, 4) is 6.07 Å². The van der Waals surface area contributed by atoms with Gasteiger partial charge in [-0.15, -0.1) is 0 Å². The summed E-state index contributed by atoms with van der Waals surface area (Å²) in [6, 6.07) is 2.89. The van der Waals surface area contributed by atoms with E-state index < -0.39 is 11.8 Å².